The zero-order chi connectivity index (χ0) is 10.0. The SMILES string of the molecule is COC(=O)/C=C1\SC(=S)N(C)C1=O. The summed E-state index contributed by atoms with van der Waals surface area (Å²) in [5, 5.41) is 0. The molecule has 6 heteroatoms. The molecule has 0 saturated carbocycles. The third-order valence-electron chi connectivity index (χ3n) is 1.44. The van der Waals surface area contributed by atoms with Crippen LogP contribution in [0.3, 0.4) is 0 Å². The van der Waals surface area contributed by atoms with E-state index in [1.807, 2.05) is 0 Å². The predicted molar refractivity (Wildman–Crippen MR) is 53.1 cm³/mol. The fourth-order valence-electron chi connectivity index (χ4n) is 0.712. The van der Waals surface area contributed by atoms with Gasteiger partial charge in [-0.3, -0.25) is 9.69 Å². The van der Waals surface area contributed by atoms with E-state index >= 15 is 0 Å². The quantitative estimate of drug-likeness (QED) is 0.364. The highest BCUT2D eigenvalue weighted by atomic mass is 32.2. The monoisotopic (exact) mass is 217 g/mol. The smallest absolute Gasteiger partial charge is 0.331 e. The van der Waals surface area contributed by atoms with Crippen LogP contribution in [0.1, 0.15) is 0 Å². The van der Waals surface area contributed by atoms with E-state index in [0.717, 1.165) is 17.8 Å². The van der Waals surface area contributed by atoms with E-state index in [4.69, 9.17) is 12.2 Å². The minimum Gasteiger partial charge on any atom is -0.466 e. The third kappa shape index (κ3) is 2.07. The maximum Gasteiger partial charge on any atom is 0.331 e. The summed E-state index contributed by atoms with van der Waals surface area (Å²) in [6.07, 6.45) is 1.14. The van der Waals surface area contributed by atoms with Crippen molar-refractivity contribution < 1.29 is 14.3 Å². The number of hydrogen-bond donors (Lipinski definition) is 0. The average molecular weight is 217 g/mol. The number of nitrogens with zero attached hydrogens (tertiary/aromatic N) is 1. The van der Waals surface area contributed by atoms with E-state index in [2.05, 4.69) is 4.74 Å². The summed E-state index contributed by atoms with van der Waals surface area (Å²) in [5.74, 6) is -0.811. The molecule has 1 fully saturated rings. The number of methoxy groups -OCH3 is 1. The van der Waals surface area contributed by atoms with Crippen molar-refractivity contribution >= 4 is 40.2 Å². The van der Waals surface area contributed by atoms with Crippen molar-refractivity contribution in [2.75, 3.05) is 14.2 Å². The summed E-state index contributed by atoms with van der Waals surface area (Å²) < 4.78 is 4.83. The minimum atomic E-state index is -0.547. The molecule has 0 aromatic carbocycles. The van der Waals surface area contributed by atoms with Gasteiger partial charge >= 0.3 is 5.97 Å². The van der Waals surface area contributed by atoms with E-state index in [1.54, 1.807) is 7.05 Å². The van der Waals surface area contributed by atoms with Crippen LogP contribution in [0.15, 0.2) is 11.0 Å². The molecule has 0 spiro atoms. The standard InChI is InChI=1S/C7H7NO3S2/c1-8-6(10)4(13-7(8)12)3-5(9)11-2/h3H,1-2H3/b4-3-. The lowest BCUT2D eigenvalue weighted by Gasteiger charge is -2.03. The van der Waals surface area contributed by atoms with Gasteiger partial charge < -0.3 is 4.74 Å². The normalized spacial score (nSPS) is 19.8. The summed E-state index contributed by atoms with van der Waals surface area (Å²) in [4.78, 5) is 23.7. The Morgan fingerprint density at radius 1 is 1.69 bits per heavy atom. The highest BCUT2D eigenvalue weighted by Crippen LogP contribution is 2.29. The molecule has 1 saturated heterocycles. The molecule has 1 heterocycles. The van der Waals surface area contributed by atoms with Crippen LogP contribution in [-0.2, 0) is 14.3 Å². The second-order valence-electron chi connectivity index (χ2n) is 2.26. The molecular formula is C7H7NO3S2. The summed E-state index contributed by atoms with van der Waals surface area (Å²) >= 11 is 5.95. The zero-order valence-corrected chi connectivity index (χ0v) is 8.70. The van der Waals surface area contributed by atoms with Gasteiger partial charge in [-0.15, -0.1) is 0 Å². The number of hydrogen-bond acceptors (Lipinski definition) is 5. The molecule has 1 aliphatic rings. The number of carbonyl (C=O) groups is 2. The van der Waals surface area contributed by atoms with Gasteiger partial charge in [0, 0.05) is 13.1 Å². The van der Waals surface area contributed by atoms with Crippen molar-refractivity contribution in [3.63, 3.8) is 0 Å². The predicted octanol–water partition coefficient (Wildman–Crippen LogP) is 0.533. The Hall–Kier alpha value is -0.880. The van der Waals surface area contributed by atoms with Gasteiger partial charge in [-0.05, 0) is 0 Å². The third-order valence-corrected chi connectivity index (χ3v) is 2.92. The molecule has 0 bridgehead atoms. The fourth-order valence-corrected chi connectivity index (χ4v) is 1.85. The van der Waals surface area contributed by atoms with Crippen LogP contribution in [0.25, 0.3) is 0 Å². The highest BCUT2D eigenvalue weighted by Gasteiger charge is 2.29. The van der Waals surface area contributed by atoms with Crippen molar-refractivity contribution in [2.45, 2.75) is 0 Å². The number of likely N-dealkylation sites (N-methyl/N-ethyl adjacent to an activating group) is 1. The Labute approximate surface area is 84.9 Å². The van der Waals surface area contributed by atoms with E-state index in [1.165, 1.54) is 12.0 Å². The van der Waals surface area contributed by atoms with Crippen LogP contribution in [0.2, 0.25) is 0 Å². The van der Waals surface area contributed by atoms with Gasteiger partial charge in [0.1, 0.15) is 4.32 Å². The van der Waals surface area contributed by atoms with Gasteiger partial charge in [-0.25, -0.2) is 4.79 Å². The van der Waals surface area contributed by atoms with Crippen LogP contribution in [0, 0.1) is 0 Å². The molecule has 13 heavy (non-hydrogen) atoms. The van der Waals surface area contributed by atoms with Gasteiger partial charge in [0.15, 0.2) is 0 Å². The maximum absolute atomic E-state index is 11.3. The lowest BCUT2D eigenvalue weighted by atomic mass is 10.4. The van der Waals surface area contributed by atoms with Crippen LogP contribution >= 0.6 is 24.0 Å². The Balaban J connectivity index is 2.85. The summed E-state index contributed by atoms with van der Waals surface area (Å²) in [6.45, 7) is 0. The van der Waals surface area contributed by atoms with Crippen LogP contribution in [0.5, 0.6) is 0 Å². The van der Waals surface area contributed by atoms with Gasteiger partial charge in [-0.1, -0.05) is 24.0 Å². The Kier molecular flexibility index (Phi) is 3.05. The largest absolute Gasteiger partial charge is 0.466 e. The number of ether oxygens (including phenoxy) is 1. The molecule has 1 aliphatic heterocycles. The van der Waals surface area contributed by atoms with Crippen molar-refractivity contribution in [1.82, 2.24) is 4.90 Å². The number of thioether (sulfide) groups is 1. The van der Waals surface area contributed by atoms with Crippen LogP contribution < -0.4 is 0 Å². The van der Waals surface area contributed by atoms with Gasteiger partial charge in [0.05, 0.1) is 12.0 Å². The van der Waals surface area contributed by atoms with Crippen LogP contribution in [-0.4, -0.2) is 35.3 Å². The van der Waals surface area contributed by atoms with E-state index in [0.29, 0.717) is 9.23 Å². The first-order valence-corrected chi connectivity index (χ1v) is 4.58. The molecule has 1 rings (SSSR count). The van der Waals surface area contributed by atoms with E-state index < -0.39 is 5.97 Å². The number of esters is 1. The molecule has 0 radical (unpaired) electrons. The molecule has 4 nitrogen and oxygen atoms in total. The highest BCUT2D eigenvalue weighted by molar-refractivity contribution is 8.26. The first-order valence-electron chi connectivity index (χ1n) is 3.35. The number of amides is 1. The second kappa shape index (κ2) is 3.89. The van der Waals surface area contributed by atoms with Crippen molar-refractivity contribution in [1.29, 1.82) is 0 Å². The van der Waals surface area contributed by atoms with E-state index in [-0.39, 0.29) is 5.91 Å². The summed E-state index contributed by atoms with van der Waals surface area (Å²) in [7, 11) is 2.82. The van der Waals surface area contributed by atoms with Gasteiger partial charge in [0.2, 0.25) is 0 Å². The average Bonchev–Trinajstić information content (AvgIpc) is 2.34. The molecule has 0 atom stereocenters. The molecule has 0 aromatic heterocycles. The maximum atomic E-state index is 11.3. The molecule has 70 valence electrons. The molecule has 1 amide bonds. The molecule has 0 unspecified atom stereocenters. The van der Waals surface area contributed by atoms with Crippen molar-refractivity contribution in [2.24, 2.45) is 0 Å². The molecule has 0 aliphatic carbocycles. The molecular weight excluding hydrogens is 210 g/mol. The van der Waals surface area contributed by atoms with Gasteiger partial charge in [0.25, 0.3) is 5.91 Å². The first-order chi connectivity index (χ1) is 6.06. The lowest BCUT2D eigenvalue weighted by molar-refractivity contribution is -0.135. The summed E-state index contributed by atoms with van der Waals surface area (Å²) in [5.41, 5.74) is 0. The number of carbonyl (C=O) groups excluding carboxylic acids is 2. The Bertz CT molecular complexity index is 311. The van der Waals surface area contributed by atoms with Crippen molar-refractivity contribution in [3.8, 4) is 0 Å². The second-order valence-corrected chi connectivity index (χ2v) is 3.94. The Morgan fingerprint density at radius 3 is 2.69 bits per heavy atom. The molecule has 0 N–H and O–H groups in total. The zero-order valence-electron chi connectivity index (χ0n) is 7.07. The topological polar surface area (TPSA) is 46.6 Å². The van der Waals surface area contributed by atoms with Crippen LogP contribution in [0.4, 0.5) is 0 Å². The first kappa shape index (κ1) is 10.2. The Morgan fingerprint density at radius 2 is 2.31 bits per heavy atom. The number of rotatable bonds is 1. The van der Waals surface area contributed by atoms with E-state index in [9.17, 15) is 9.59 Å². The minimum absolute atomic E-state index is 0.264. The van der Waals surface area contributed by atoms with Crippen molar-refractivity contribution in [3.05, 3.63) is 11.0 Å². The number of thiocarbonyl (C=S) groups is 1. The fraction of sp³-hybridized carbons (Fsp3) is 0.286. The van der Waals surface area contributed by atoms with Gasteiger partial charge in [-0.2, -0.15) is 0 Å². The summed E-state index contributed by atoms with van der Waals surface area (Å²) in [6, 6.07) is 0. The lowest BCUT2D eigenvalue weighted by Crippen LogP contribution is -2.22. The molecule has 0 aromatic rings.